The van der Waals surface area contributed by atoms with Gasteiger partial charge in [0.05, 0.1) is 12.8 Å². The van der Waals surface area contributed by atoms with E-state index in [1.807, 2.05) is 31.2 Å². The molecule has 0 spiro atoms. The first-order valence-corrected chi connectivity index (χ1v) is 10.0. The summed E-state index contributed by atoms with van der Waals surface area (Å²) in [4.78, 5) is 25.5. The second-order valence-corrected chi connectivity index (χ2v) is 7.23. The van der Waals surface area contributed by atoms with Crippen LogP contribution in [-0.2, 0) is 9.59 Å². The summed E-state index contributed by atoms with van der Waals surface area (Å²) in [5, 5.41) is 12.1. The van der Waals surface area contributed by atoms with Gasteiger partial charge in [-0.3, -0.25) is 9.59 Å². The van der Waals surface area contributed by atoms with Gasteiger partial charge in [0.15, 0.2) is 0 Å². The number of unbranched alkanes of at least 4 members (excludes halogenated alkanes) is 2. The summed E-state index contributed by atoms with van der Waals surface area (Å²) in [5.41, 5.74) is 0.158. The van der Waals surface area contributed by atoms with Crippen molar-refractivity contribution in [2.75, 3.05) is 25.2 Å². The van der Waals surface area contributed by atoms with Gasteiger partial charge in [0, 0.05) is 19.5 Å². The lowest BCUT2D eigenvalue weighted by Crippen LogP contribution is -2.53. The molecular weight excluding hydrogens is 356 g/mol. The Morgan fingerprint density at radius 3 is 2.29 bits per heavy atom. The number of hydrogen-bond acceptors (Lipinski definition) is 5. The quantitative estimate of drug-likeness (QED) is 0.604. The van der Waals surface area contributed by atoms with Crippen molar-refractivity contribution in [1.82, 2.24) is 10.6 Å². The number of hydrazone groups is 1. The minimum absolute atomic E-state index is 0.128. The Hall–Kier alpha value is -2.57. The standard InChI is InChI=1S/C21H32N4O3/c1-5-7-13-22-19(26)18-15-21(3,20(27)23-14-8-6-2)25(24-18)16-9-11-17(28-4)12-10-16/h9-12H,5-8,13-15H2,1-4H3,(H,22,26)(H,23,27). The summed E-state index contributed by atoms with van der Waals surface area (Å²) >= 11 is 0. The van der Waals surface area contributed by atoms with Crippen molar-refractivity contribution in [3.05, 3.63) is 24.3 Å². The lowest BCUT2D eigenvalue weighted by Gasteiger charge is -2.33. The normalized spacial score (nSPS) is 18.6. The van der Waals surface area contributed by atoms with E-state index < -0.39 is 5.54 Å². The lowest BCUT2D eigenvalue weighted by molar-refractivity contribution is -0.125. The number of hydrogen-bond donors (Lipinski definition) is 2. The van der Waals surface area contributed by atoms with Crippen LogP contribution in [-0.4, -0.2) is 43.3 Å². The second-order valence-electron chi connectivity index (χ2n) is 7.23. The Bertz CT molecular complexity index is 702. The third kappa shape index (κ3) is 5.03. The number of methoxy groups -OCH3 is 1. The molecule has 0 bridgehead atoms. The van der Waals surface area contributed by atoms with Gasteiger partial charge in [-0.25, -0.2) is 5.01 Å². The van der Waals surface area contributed by atoms with E-state index in [0.29, 0.717) is 18.8 Å². The predicted molar refractivity (Wildman–Crippen MR) is 112 cm³/mol. The van der Waals surface area contributed by atoms with Gasteiger partial charge in [0.2, 0.25) is 5.91 Å². The second kappa shape index (κ2) is 10.1. The molecule has 1 unspecified atom stereocenters. The average molecular weight is 389 g/mol. The number of carbonyl (C=O) groups excluding carboxylic acids is 2. The van der Waals surface area contributed by atoms with Crippen LogP contribution in [0.1, 0.15) is 52.9 Å². The van der Waals surface area contributed by atoms with Crippen molar-refractivity contribution < 1.29 is 14.3 Å². The fourth-order valence-corrected chi connectivity index (χ4v) is 3.09. The number of nitrogens with one attached hydrogen (secondary N) is 2. The number of nitrogens with zero attached hydrogens (tertiary/aromatic N) is 2. The number of anilines is 1. The summed E-state index contributed by atoms with van der Waals surface area (Å²) in [6.07, 6.45) is 4.09. The fourth-order valence-electron chi connectivity index (χ4n) is 3.09. The summed E-state index contributed by atoms with van der Waals surface area (Å²) < 4.78 is 5.21. The third-order valence-electron chi connectivity index (χ3n) is 4.90. The zero-order chi connectivity index (χ0) is 20.6. The smallest absolute Gasteiger partial charge is 0.267 e. The molecule has 1 aliphatic rings. The van der Waals surface area contributed by atoms with Crippen molar-refractivity contribution in [3.8, 4) is 5.75 Å². The third-order valence-corrected chi connectivity index (χ3v) is 4.90. The van der Waals surface area contributed by atoms with Crippen LogP contribution in [0.5, 0.6) is 5.75 Å². The van der Waals surface area contributed by atoms with Crippen molar-refractivity contribution in [2.45, 2.75) is 58.4 Å². The Kier molecular flexibility index (Phi) is 7.84. The van der Waals surface area contributed by atoms with Crippen LogP contribution in [0, 0.1) is 0 Å². The van der Waals surface area contributed by atoms with Crippen LogP contribution in [0.3, 0.4) is 0 Å². The topological polar surface area (TPSA) is 83.0 Å². The van der Waals surface area contributed by atoms with Crippen LogP contribution in [0.2, 0.25) is 0 Å². The minimum atomic E-state index is -0.959. The molecule has 0 aliphatic carbocycles. The van der Waals surface area contributed by atoms with Gasteiger partial charge in [0.25, 0.3) is 5.91 Å². The van der Waals surface area contributed by atoms with E-state index in [2.05, 4.69) is 29.6 Å². The van der Waals surface area contributed by atoms with Gasteiger partial charge < -0.3 is 15.4 Å². The molecule has 2 amide bonds. The molecule has 1 aromatic carbocycles. The van der Waals surface area contributed by atoms with E-state index in [9.17, 15) is 9.59 Å². The van der Waals surface area contributed by atoms with Crippen LogP contribution in [0.4, 0.5) is 5.69 Å². The summed E-state index contributed by atoms with van der Waals surface area (Å²) in [5.74, 6) is 0.382. The van der Waals surface area contributed by atoms with E-state index in [1.165, 1.54) is 0 Å². The average Bonchev–Trinajstić information content (AvgIpc) is 3.07. The van der Waals surface area contributed by atoms with Crippen molar-refractivity contribution >= 4 is 23.2 Å². The van der Waals surface area contributed by atoms with Crippen LogP contribution >= 0.6 is 0 Å². The monoisotopic (exact) mass is 388 g/mol. The van der Waals surface area contributed by atoms with E-state index in [4.69, 9.17) is 4.74 Å². The molecule has 2 rings (SSSR count). The molecule has 0 saturated heterocycles. The Morgan fingerprint density at radius 2 is 1.71 bits per heavy atom. The largest absolute Gasteiger partial charge is 0.497 e. The predicted octanol–water partition coefficient (Wildman–Crippen LogP) is 2.85. The molecule has 2 N–H and O–H groups in total. The molecule has 1 aliphatic heterocycles. The lowest BCUT2D eigenvalue weighted by atomic mass is 9.93. The first-order chi connectivity index (χ1) is 13.5. The van der Waals surface area contributed by atoms with Crippen LogP contribution in [0.25, 0.3) is 0 Å². The van der Waals surface area contributed by atoms with Crippen LogP contribution in [0.15, 0.2) is 29.4 Å². The molecule has 28 heavy (non-hydrogen) atoms. The van der Waals surface area contributed by atoms with Crippen LogP contribution < -0.4 is 20.4 Å². The molecule has 0 fully saturated rings. The highest BCUT2D eigenvalue weighted by atomic mass is 16.5. The van der Waals surface area contributed by atoms with Crippen molar-refractivity contribution in [1.29, 1.82) is 0 Å². The van der Waals surface area contributed by atoms with E-state index >= 15 is 0 Å². The molecule has 1 aromatic rings. The summed E-state index contributed by atoms with van der Waals surface area (Å²) in [6.45, 7) is 7.20. The highest BCUT2D eigenvalue weighted by Gasteiger charge is 2.47. The van der Waals surface area contributed by atoms with E-state index in [-0.39, 0.29) is 18.2 Å². The SMILES string of the molecule is CCCCNC(=O)C1=NN(c2ccc(OC)cc2)C(C)(C(=O)NCCCC)C1. The van der Waals surface area contributed by atoms with Gasteiger partial charge in [-0.05, 0) is 44.0 Å². The van der Waals surface area contributed by atoms with E-state index in [1.54, 1.807) is 12.1 Å². The number of amides is 2. The maximum absolute atomic E-state index is 13.0. The molecule has 7 nitrogen and oxygen atoms in total. The number of ether oxygens (including phenoxy) is 1. The number of rotatable bonds is 10. The maximum Gasteiger partial charge on any atom is 0.267 e. The molecule has 1 atom stereocenters. The zero-order valence-corrected chi connectivity index (χ0v) is 17.4. The summed E-state index contributed by atoms with van der Waals surface area (Å²) in [6, 6.07) is 7.33. The highest BCUT2D eigenvalue weighted by molar-refractivity contribution is 6.40. The molecular formula is C21H32N4O3. The molecule has 7 heteroatoms. The molecule has 1 heterocycles. The molecule has 154 valence electrons. The first-order valence-electron chi connectivity index (χ1n) is 10.0. The molecule has 0 aromatic heterocycles. The van der Waals surface area contributed by atoms with Gasteiger partial charge in [-0.15, -0.1) is 0 Å². The van der Waals surface area contributed by atoms with Gasteiger partial charge in [0.1, 0.15) is 17.0 Å². The number of benzene rings is 1. The first kappa shape index (κ1) is 21.7. The maximum atomic E-state index is 13.0. The zero-order valence-electron chi connectivity index (χ0n) is 17.4. The van der Waals surface area contributed by atoms with E-state index in [0.717, 1.165) is 37.1 Å². The highest BCUT2D eigenvalue weighted by Crippen LogP contribution is 2.34. The molecule has 0 radical (unpaired) electrons. The van der Waals surface area contributed by atoms with Gasteiger partial charge in [-0.1, -0.05) is 26.7 Å². The van der Waals surface area contributed by atoms with Crippen molar-refractivity contribution in [3.63, 3.8) is 0 Å². The molecule has 0 saturated carbocycles. The number of carbonyl (C=O) groups is 2. The Balaban J connectivity index is 2.26. The fraction of sp³-hybridized carbons (Fsp3) is 0.571. The summed E-state index contributed by atoms with van der Waals surface area (Å²) in [7, 11) is 1.60. The van der Waals surface area contributed by atoms with Gasteiger partial charge >= 0.3 is 0 Å². The van der Waals surface area contributed by atoms with Crippen molar-refractivity contribution in [2.24, 2.45) is 5.10 Å². The minimum Gasteiger partial charge on any atom is -0.497 e. The van der Waals surface area contributed by atoms with Gasteiger partial charge in [-0.2, -0.15) is 5.10 Å². The Labute approximate surface area is 167 Å². The Morgan fingerprint density at radius 1 is 1.11 bits per heavy atom.